The number of aliphatic hydroxyl groups excluding tert-OH is 1. The molecule has 2 aromatic rings. The average Bonchev–Trinajstić information content (AvgIpc) is 2.37. The van der Waals surface area contributed by atoms with Gasteiger partial charge in [-0.25, -0.2) is 0 Å². The van der Waals surface area contributed by atoms with Gasteiger partial charge in [0.1, 0.15) is 0 Å². The molecule has 0 fully saturated rings. The first-order valence-corrected chi connectivity index (χ1v) is 6.93. The minimum atomic E-state index is -0.130. The number of ketones is 1. The molecule has 2 nitrogen and oxygen atoms in total. The molecule has 2 aromatic carbocycles. The number of benzene rings is 2. The Morgan fingerprint density at radius 3 is 2.74 bits per heavy atom. The summed E-state index contributed by atoms with van der Waals surface area (Å²) in [7, 11) is 0. The Morgan fingerprint density at radius 2 is 2.00 bits per heavy atom. The molecule has 0 aromatic heterocycles. The Labute approximate surface area is 120 Å². The summed E-state index contributed by atoms with van der Waals surface area (Å²) in [5.74, 6) is 0.00244. The van der Waals surface area contributed by atoms with Gasteiger partial charge in [-0.2, -0.15) is 0 Å². The van der Waals surface area contributed by atoms with Crippen molar-refractivity contribution < 1.29 is 9.90 Å². The predicted octanol–water partition coefficient (Wildman–Crippen LogP) is 4.57. The van der Waals surface area contributed by atoms with Crippen molar-refractivity contribution in [1.29, 1.82) is 0 Å². The maximum Gasteiger partial charge on any atom is 0.155 e. The van der Waals surface area contributed by atoms with Gasteiger partial charge in [0.25, 0.3) is 0 Å². The molecule has 98 valence electrons. The van der Waals surface area contributed by atoms with E-state index < -0.39 is 0 Å². The smallest absolute Gasteiger partial charge is 0.155 e. The van der Waals surface area contributed by atoms with Crippen LogP contribution in [0.15, 0.2) is 52.7 Å². The van der Waals surface area contributed by atoms with E-state index in [2.05, 4.69) is 34.1 Å². The van der Waals surface area contributed by atoms with Gasteiger partial charge in [-0.05, 0) is 45.6 Å². The normalized spacial score (nSPS) is 11.8. The van der Waals surface area contributed by atoms with E-state index >= 15 is 0 Å². The Morgan fingerprint density at radius 1 is 1.26 bits per heavy atom. The first kappa shape index (κ1) is 13.8. The van der Waals surface area contributed by atoms with Gasteiger partial charge in [-0.1, -0.05) is 36.4 Å². The number of allylic oxidation sites excluding steroid dienone is 2. The van der Waals surface area contributed by atoms with E-state index in [0.717, 1.165) is 15.4 Å². The molecule has 2 rings (SSSR count). The molecule has 0 heterocycles. The summed E-state index contributed by atoms with van der Waals surface area (Å²) >= 11 is 3.61. The van der Waals surface area contributed by atoms with Crippen LogP contribution < -0.4 is 0 Å². The number of carbonyl (C=O) groups excluding carboxylic acids is 1. The van der Waals surface area contributed by atoms with Gasteiger partial charge in [-0.3, -0.25) is 4.79 Å². The Balaban J connectivity index is 2.22. The van der Waals surface area contributed by atoms with Crippen LogP contribution in [0.1, 0.15) is 18.9 Å². The summed E-state index contributed by atoms with van der Waals surface area (Å²) in [5, 5.41) is 12.0. The first-order chi connectivity index (χ1) is 9.08. The Kier molecular flexibility index (Phi) is 4.38. The number of fused-ring (bicyclic) bond motifs is 1. The van der Waals surface area contributed by atoms with Gasteiger partial charge in [0, 0.05) is 17.0 Å². The summed E-state index contributed by atoms with van der Waals surface area (Å²) in [6, 6.07) is 12.3. The van der Waals surface area contributed by atoms with Crippen LogP contribution in [-0.4, -0.2) is 10.9 Å². The van der Waals surface area contributed by atoms with Crippen molar-refractivity contribution in [2.45, 2.75) is 19.8 Å². The second kappa shape index (κ2) is 6.02. The first-order valence-electron chi connectivity index (χ1n) is 6.14. The fourth-order valence-corrected chi connectivity index (χ4v) is 2.73. The fourth-order valence-electron chi connectivity index (χ4n) is 2.04. The lowest BCUT2D eigenvalue weighted by Crippen LogP contribution is -1.93. The van der Waals surface area contributed by atoms with Crippen molar-refractivity contribution in [3.8, 4) is 0 Å². The highest BCUT2D eigenvalue weighted by atomic mass is 79.9. The van der Waals surface area contributed by atoms with Crippen molar-refractivity contribution in [2.75, 3.05) is 0 Å². The van der Waals surface area contributed by atoms with Crippen LogP contribution in [0, 0.1) is 0 Å². The molecule has 0 aliphatic heterocycles. The number of carbonyl (C=O) groups is 1. The molecule has 3 heteroatoms. The predicted molar refractivity (Wildman–Crippen MR) is 81.4 cm³/mol. The van der Waals surface area contributed by atoms with Crippen molar-refractivity contribution >= 4 is 32.5 Å². The SMILES string of the molecule is CC(=O)C=C(O)CCc1ccc2ccccc2c1Br. The van der Waals surface area contributed by atoms with Crippen LogP contribution in [0.25, 0.3) is 10.8 Å². The summed E-state index contributed by atoms with van der Waals surface area (Å²) in [5.41, 5.74) is 1.13. The average molecular weight is 319 g/mol. The number of rotatable bonds is 4. The van der Waals surface area contributed by atoms with Crippen LogP contribution in [-0.2, 0) is 11.2 Å². The van der Waals surface area contributed by atoms with Crippen molar-refractivity contribution in [3.05, 3.63) is 58.3 Å². The quantitative estimate of drug-likeness (QED) is 0.662. The summed E-state index contributed by atoms with van der Waals surface area (Å²) in [6.07, 6.45) is 2.44. The van der Waals surface area contributed by atoms with E-state index in [9.17, 15) is 9.90 Å². The lowest BCUT2D eigenvalue weighted by atomic mass is 10.0. The summed E-state index contributed by atoms with van der Waals surface area (Å²) in [4.78, 5) is 10.9. The lowest BCUT2D eigenvalue weighted by molar-refractivity contribution is -0.112. The van der Waals surface area contributed by atoms with Crippen LogP contribution in [0.5, 0.6) is 0 Å². The molecule has 0 aliphatic carbocycles. The van der Waals surface area contributed by atoms with Gasteiger partial charge >= 0.3 is 0 Å². The third-order valence-electron chi connectivity index (χ3n) is 2.96. The Hall–Kier alpha value is -1.61. The zero-order valence-corrected chi connectivity index (χ0v) is 12.3. The Bertz CT molecular complexity index is 644. The highest BCUT2D eigenvalue weighted by Crippen LogP contribution is 2.28. The fraction of sp³-hybridized carbons (Fsp3) is 0.188. The maximum absolute atomic E-state index is 10.9. The molecule has 0 aliphatic rings. The third-order valence-corrected chi connectivity index (χ3v) is 3.90. The highest BCUT2D eigenvalue weighted by molar-refractivity contribution is 9.10. The molecule has 0 amide bonds. The standard InChI is InChI=1S/C16H15BrO2/c1-11(18)10-14(19)9-8-13-7-6-12-4-2-3-5-15(12)16(13)17/h2-7,10,19H,8-9H2,1H3. The number of halogens is 1. The van der Waals surface area contributed by atoms with Gasteiger partial charge in [0.15, 0.2) is 5.78 Å². The molecule has 0 saturated carbocycles. The van der Waals surface area contributed by atoms with Crippen LogP contribution in [0.4, 0.5) is 0 Å². The molecule has 19 heavy (non-hydrogen) atoms. The van der Waals surface area contributed by atoms with Crippen LogP contribution in [0.3, 0.4) is 0 Å². The zero-order chi connectivity index (χ0) is 13.8. The molecule has 0 radical (unpaired) electrons. The van der Waals surface area contributed by atoms with Gasteiger partial charge < -0.3 is 5.11 Å². The van der Waals surface area contributed by atoms with Crippen molar-refractivity contribution in [1.82, 2.24) is 0 Å². The van der Waals surface area contributed by atoms with E-state index in [1.54, 1.807) is 0 Å². The number of aliphatic hydroxyl groups is 1. The number of aryl methyl sites for hydroxylation is 1. The largest absolute Gasteiger partial charge is 0.512 e. The summed E-state index contributed by atoms with van der Waals surface area (Å²) in [6.45, 7) is 1.43. The van der Waals surface area contributed by atoms with Gasteiger partial charge in [-0.15, -0.1) is 0 Å². The van der Waals surface area contributed by atoms with E-state index in [0.29, 0.717) is 12.8 Å². The second-order valence-electron chi connectivity index (χ2n) is 4.51. The molecule has 0 saturated heterocycles. The third kappa shape index (κ3) is 3.44. The zero-order valence-electron chi connectivity index (χ0n) is 10.7. The van der Waals surface area contributed by atoms with E-state index in [4.69, 9.17) is 0 Å². The number of hydrogen-bond acceptors (Lipinski definition) is 2. The molecule has 1 N–H and O–H groups in total. The van der Waals surface area contributed by atoms with Crippen molar-refractivity contribution in [2.24, 2.45) is 0 Å². The second-order valence-corrected chi connectivity index (χ2v) is 5.30. The molecular weight excluding hydrogens is 304 g/mol. The van der Waals surface area contributed by atoms with Gasteiger partial charge in [0.2, 0.25) is 0 Å². The summed E-state index contributed by atoms with van der Waals surface area (Å²) < 4.78 is 1.06. The molecule has 0 bridgehead atoms. The van der Waals surface area contributed by atoms with E-state index in [1.165, 1.54) is 18.4 Å². The minimum absolute atomic E-state index is 0.130. The highest BCUT2D eigenvalue weighted by Gasteiger charge is 2.06. The van der Waals surface area contributed by atoms with Crippen LogP contribution in [0.2, 0.25) is 0 Å². The van der Waals surface area contributed by atoms with Crippen LogP contribution >= 0.6 is 15.9 Å². The maximum atomic E-state index is 10.9. The number of hydrogen-bond donors (Lipinski definition) is 1. The minimum Gasteiger partial charge on any atom is -0.512 e. The molecular formula is C16H15BrO2. The molecule has 0 spiro atoms. The lowest BCUT2D eigenvalue weighted by Gasteiger charge is -2.08. The van der Waals surface area contributed by atoms with E-state index in [1.807, 2.05) is 18.2 Å². The van der Waals surface area contributed by atoms with Crippen molar-refractivity contribution in [3.63, 3.8) is 0 Å². The van der Waals surface area contributed by atoms with E-state index in [-0.39, 0.29) is 11.5 Å². The molecule has 0 atom stereocenters. The molecule has 0 unspecified atom stereocenters. The topological polar surface area (TPSA) is 37.3 Å². The monoisotopic (exact) mass is 318 g/mol. The van der Waals surface area contributed by atoms with Gasteiger partial charge in [0.05, 0.1) is 5.76 Å².